The van der Waals surface area contributed by atoms with E-state index in [0.717, 1.165) is 22.2 Å². The molecule has 1 saturated heterocycles. The number of aliphatic hydroxyl groups excluding tert-OH is 1. The average molecular weight is 718 g/mol. The Kier molecular flexibility index (Phi) is 12.1. The van der Waals surface area contributed by atoms with E-state index in [4.69, 9.17) is 4.74 Å². The van der Waals surface area contributed by atoms with Gasteiger partial charge in [-0.05, 0) is 65.6 Å². The summed E-state index contributed by atoms with van der Waals surface area (Å²) in [5, 5.41) is 16.0. The molecule has 5 rings (SSSR count). The molecule has 2 heterocycles. The van der Waals surface area contributed by atoms with Crippen molar-refractivity contribution in [3.8, 4) is 5.75 Å². The first-order chi connectivity index (χ1) is 24.3. The van der Waals surface area contributed by atoms with Gasteiger partial charge in [0.2, 0.25) is 15.9 Å². The molecule has 2 N–H and O–H groups in total. The van der Waals surface area contributed by atoms with Crippen LogP contribution in [0.3, 0.4) is 0 Å². The number of aliphatic hydroxyl groups is 1. The van der Waals surface area contributed by atoms with Crippen molar-refractivity contribution in [2.75, 3.05) is 33.3 Å². The number of carbonyl (C=O) groups excluding carboxylic acids is 2. The predicted octanol–water partition coefficient (Wildman–Crippen LogP) is 4.88. The fraction of sp³-hybridized carbons (Fsp3) is 0.436. The Morgan fingerprint density at radius 3 is 2.24 bits per heavy atom. The van der Waals surface area contributed by atoms with E-state index < -0.39 is 34.1 Å². The number of sulfonamides is 1. The maximum atomic E-state index is 14.2. The summed E-state index contributed by atoms with van der Waals surface area (Å²) in [6.07, 6.45) is -0.997. The second kappa shape index (κ2) is 16.3. The molecule has 0 saturated carbocycles. The molecule has 0 radical (unpaired) electrons. The number of nitrogens with one attached hydrogen (secondary N) is 1. The Morgan fingerprint density at radius 1 is 0.941 bits per heavy atom. The number of ether oxygens (including phenoxy) is 1. The summed E-state index contributed by atoms with van der Waals surface area (Å²) < 4.78 is 36.3. The van der Waals surface area contributed by atoms with Gasteiger partial charge >= 0.3 is 6.03 Å². The highest BCUT2D eigenvalue weighted by Crippen LogP contribution is 2.25. The highest BCUT2D eigenvalue weighted by atomic mass is 32.2. The largest absolute Gasteiger partial charge is 0.497 e. The van der Waals surface area contributed by atoms with Crippen molar-refractivity contribution in [1.82, 2.24) is 24.0 Å². The Balaban J connectivity index is 1.36. The minimum Gasteiger partial charge on any atom is -0.497 e. The zero-order chi connectivity index (χ0) is 36.9. The summed E-state index contributed by atoms with van der Waals surface area (Å²) in [5.74, 6) is -0.120. The standard InChI is InChI=1S/C39H51N5O6S/c1-27(2)24-43(51(48,49)33-18-16-32(50-6)17-19-33)26-36(45)34(22-29-12-8-7-9-13-29)40-38(46)37(28(3)4)44-21-20-42(39(44)47)25-31-23-30-14-10-11-15-35(30)41(31)5/h7-19,23,27-28,34,36-37,45H,20-22,24-26H2,1-6H3,(H,40,46)/t34-,36+,37?/m0/s1. The molecule has 1 fully saturated rings. The summed E-state index contributed by atoms with van der Waals surface area (Å²) in [5.41, 5.74) is 2.95. The summed E-state index contributed by atoms with van der Waals surface area (Å²) in [4.78, 5) is 31.5. The van der Waals surface area contributed by atoms with E-state index in [1.54, 1.807) is 21.9 Å². The number of aryl methyl sites for hydroxylation is 1. The van der Waals surface area contributed by atoms with Crippen molar-refractivity contribution in [2.24, 2.45) is 18.9 Å². The SMILES string of the molecule is COc1ccc(S(=O)(=O)N(CC(C)C)C[C@@H](O)[C@H](Cc2ccccc2)NC(=O)C(C(C)C)N2CCN(Cc3cc4ccccc4n3C)C2=O)cc1. The van der Waals surface area contributed by atoms with Gasteiger partial charge in [0.1, 0.15) is 11.8 Å². The number of amides is 3. The lowest BCUT2D eigenvalue weighted by atomic mass is 9.97. The van der Waals surface area contributed by atoms with Crippen molar-refractivity contribution in [3.63, 3.8) is 0 Å². The van der Waals surface area contributed by atoms with E-state index >= 15 is 0 Å². The van der Waals surface area contributed by atoms with Crippen molar-refractivity contribution in [3.05, 3.63) is 96.2 Å². The molecule has 12 heteroatoms. The molecule has 51 heavy (non-hydrogen) atoms. The van der Waals surface area contributed by atoms with Crippen LogP contribution in [0, 0.1) is 11.8 Å². The van der Waals surface area contributed by atoms with Crippen LogP contribution in [0.15, 0.2) is 89.8 Å². The minimum atomic E-state index is -4.00. The summed E-state index contributed by atoms with van der Waals surface area (Å²) >= 11 is 0. The third-order valence-corrected chi connectivity index (χ3v) is 11.4. The van der Waals surface area contributed by atoms with Crippen LogP contribution in [0.1, 0.15) is 39.0 Å². The van der Waals surface area contributed by atoms with E-state index in [1.165, 1.54) is 23.5 Å². The van der Waals surface area contributed by atoms with Crippen molar-refractivity contribution in [1.29, 1.82) is 0 Å². The van der Waals surface area contributed by atoms with E-state index in [2.05, 4.69) is 16.0 Å². The molecule has 4 aromatic rings. The number of hydrogen-bond acceptors (Lipinski definition) is 6. The summed E-state index contributed by atoms with van der Waals surface area (Å²) in [6.45, 7) is 8.83. The number of carbonyl (C=O) groups is 2. The second-order valence-corrected chi connectivity index (χ2v) is 16.0. The number of benzene rings is 3. The van der Waals surface area contributed by atoms with Gasteiger partial charge in [-0.1, -0.05) is 76.2 Å². The number of hydrogen-bond donors (Lipinski definition) is 2. The number of rotatable bonds is 16. The zero-order valence-electron chi connectivity index (χ0n) is 30.4. The minimum absolute atomic E-state index is 0.0317. The maximum Gasteiger partial charge on any atom is 0.321 e. The molecule has 1 aliphatic rings. The van der Waals surface area contributed by atoms with Gasteiger partial charge in [0.25, 0.3) is 0 Å². The predicted molar refractivity (Wildman–Crippen MR) is 199 cm³/mol. The molecule has 1 aromatic heterocycles. The van der Waals surface area contributed by atoms with E-state index in [0.29, 0.717) is 25.4 Å². The van der Waals surface area contributed by atoms with Gasteiger partial charge < -0.3 is 29.5 Å². The topological polar surface area (TPSA) is 124 Å². The van der Waals surface area contributed by atoms with E-state index in [1.807, 2.05) is 89.3 Å². The second-order valence-electron chi connectivity index (χ2n) is 14.1. The molecule has 274 valence electrons. The third kappa shape index (κ3) is 8.74. The van der Waals surface area contributed by atoms with Crippen LogP contribution >= 0.6 is 0 Å². The lowest BCUT2D eigenvalue weighted by Gasteiger charge is -2.34. The maximum absolute atomic E-state index is 14.2. The number of nitrogens with zero attached hydrogens (tertiary/aromatic N) is 4. The molecular formula is C39H51N5O6S. The Morgan fingerprint density at radius 2 is 1.61 bits per heavy atom. The third-order valence-electron chi connectivity index (χ3n) is 9.51. The first kappa shape index (κ1) is 37.9. The number of urea groups is 1. The van der Waals surface area contributed by atoms with Crippen molar-refractivity contribution < 1.29 is 27.9 Å². The molecule has 11 nitrogen and oxygen atoms in total. The number of methoxy groups -OCH3 is 1. The van der Waals surface area contributed by atoms with E-state index in [9.17, 15) is 23.1 Å². The number of fused-ring (bicyclic) bond motifs is 1. The highest BCUT2D eigenvalue weighted by Gasteiger charge is 2.40. The van der Waals surface area contributed by atoms with Crippen molar-refractivity contribution >= 4 is 32.9 Å². The van der Waals surface area contributed by atoms with Gasteiger partial charge in [-0.3, -0.25) is 4.79 Å². The summed E-state index contributed by atoms with van der Waals surface area (Å²) in [7, 11) is -0.499. The normalized spacial score (nSPS) is 15.6. The molecule has 0 aliphatic carbocycles. The molecular weight excluding hydrogens is 667 g/mol. The van der Waals surface area contributed by atoms with Gasteiger partial charge in [0.05, 0.1) is 30.7 Å². The molecule has 0 bridgehead atoms. The lowest BCUT2D eigenvalue weighted by Crippen LogP contribution is -2.57. The monoisotopic (exact) mass is 717 g/mol. The molecule has 1 aliphatic heterocycles. The number of aromatic nitrogens is 1. The molecule has 3 amide bonds. The van der Waals surface area contributed by atoms with Crippen LogP contribution in [-0.2, 0) is 34.8 Å². The summed E-state index contributed by atoms with van der Waals surface area (Å²) in [6, 6.07) is 23.9. The van der Waals surface area contributed by atoms with Gasteiger partial charge in [0, 0.05) is 44.4 Å². The Bertz CT molecular complexity index is 1890. The first-order valence-corrected chi connectivity index (χ1v) is 19.0. The highest BCUT2D eigenvalue weighted by molar-refractivity contribution is 7.89. The molecule has 3 atom stereocenters. The van der Waals surface area contributed by atoms with Gasteiger partial charge in [-0.15, -0.1) is 0 Å². The smallest absolute Gasteiger partial charge is 0.321 e. The van der Waals surface area contributed by atoms with E-state index in [-0.39, 0.29) is 42.3 Å². The van der Waals surface area contributed by atoms with Gasteiger partial charge in [-0.2, -0.15) is 4.31 Å². The van der Waals surface area contributed by atoms with Crippen LogP contribution in [0.5, 0.6) is 5.75 Å². The molecule has 0 spiro atoms. The fourth-order valence-electron chi connectivity index (χ4n) is 6.83. The Hall–Kier alpha value is -4.39. The first-order valence-electron chi connectivity index (χ1n) is 17.6. The van der Waals surface area contributed by atoms with Gasteiger partial charge in [-0.25, -0.2) is 13.2 Å². The van der Waals surface area contributed by atoms with Crippen LogP contribution in [0.25, 0.3) is 10.9 Å². The lowest BCUT2D eigenvalue weighted by molar-refractivity contribution is -0.128. The Labute approximate surface area is 301 Å². The van der Waals surface area contributed by atoms with Crippen LogP contribution in [-0.4, -0.2) is 95.6 Å². The zero-order valence-corrected chi connectivity index (χ0v) is 31.2. The molecule has 3 aromatic carbocycles. The van der Waals surface area contributed by atoms with Crippen LogP contribution in [0.2, 0.25) is 0 Å². The molecule has 1 unspecified atom stereocenters. The van der Waals surface area contributed by atoms with Crippen LogP contribution < -0.4 is 10.1 Å². The van der Waals surface area contributed by atoms with Gasteiger partial charge in [0.15, 0.2) is 0 Å². The average Bonchev–Trinajstić information content (AvgIpc) is 3.62. The van der Waals surface area contributed by atoms with Crippen molar-refractivity contribution in [2.45, 2.75) is 63.7 Å². The number of para-hydroxylation sites is 1. The quantitative estimate of drug-likeness (QED) is 0.170. The fourth-order valence-corrected chi connectivity index (χ4v) is 8.46. The van der Waals surface area contributed by atoms with Crippen LogP contribution in [0.4, 0.5) is 4.79 Å².